The van der Waals surface area contributed by atoms with Crippen LogP contribution in [0, 0.1) is 0 Å². The minimum absolute atomic E-state index is 0.364. The van der Waals surface area contributed by atoms with E-state index < -0.39 is 14.7 Å². The number of rotatable bonds is 14. The molecule has 0 aliphatic carbocycles. The molecule has 0 aromatic carbocycles. The maximum Gasteiger partial charge on any atom is 0.334 e. The van der Waals surface area contributed by atoms with E-state index in [2.05, 4.69) is 13.1 Å². The zero-order valence-electron chi connectivity index (χ0n) is 14.1. The highest BCUT2D eigenvalue weighted by molar-refractivity contribution is 6.66. The van der Waals surface area contributed by atoms with Gasteiger partial charge in [-0.2, -0.15) is 0 Å². The van der Waals surface area contributed by atoms with E-state index in [-0.39, 0.29) is 0 Å². The smallest absolute Gasteiger partial charge is 0.334 e. The van der Waals surface area contributed by atoms with Crippen molar-refractivity contribution in [3.8, 4) is 0 Å². The second-order valence-corrected chi connectivity index (χ2v) is 8.69. The quantitative estimate of drug-likeness (QED) is 0.301. The van der Waals surface area contributed by atoms with Gasteiger partial charge in [0, 0.05) is 32.9 Å². The lowest BCUT2D eigenvalue weighted by molar-refractivity contribution is 0.0219. The average molecular weight is 320 g/mol. The number of aliphatic hydroxyl groups excluding tert-OH is 1. The fraction of sp³-hybridized carbons (Fsp3) is 0.867. The summed E-state index contributed by atoms with van der Waals surface area (Å²) in [5, 5.41) is 9.83. The Bertz CT molecular complexity index is 260. The van der Waals surface area contributed by atoms with E-state index in [9.17, 15) is 5.11 Å². The molecule has 5 nitrogen and oxygen atoms in total. The van der Waals surface area contributed by atoms with Gasteiger partial charge in [-0.25, -0.2) is 0 Å². The molecule has 0 saturated heterocycles. The summed E-state index contributed by atoms with van der Waals surface area (Å²) in [5.41, 5.74) is 0. The van der Waals surface area contributed by atoms with Crippen LogP contribution in [-0.2, 0) is 13.6 Å². The zero-order chi connectivity index (χ0) is 16.1. The molecule has 0 aliphatic rings. The fourth-order valence-electron chi connectivity index (χ4n) is 2.22. The lowest BCUT2D eigenvalue weighted by Crippen LogP contribution is -2.39. The molecular formula is C15H33NO4Si. The van der Waals surface area contributed by atoms with E-state index in [0.29, 0.717) is 33.0 Å². The summed E-state index contributed by atoms with van der Waals surface area (Å²) < 4.78 is 17.1. The largest absolute Gasteiger partial charge is 0.395 e. The van der Waals surface area contributed by atoms with Crippen LogP contribution in [0.1, 0.15) is 20.3 Å². The zero-order valence-corrected chi connectivity index (χ0v) is 15.1. The van der Waals surface area contributed by atoms with Gasteiger partial charge in [0.2, 0.25) is 0 Å². The molecule has 0 aromatic heterocycles. The number of likely N-dealkylation sites (N-methyl/N-ethyl adjacent to an activating group) is 1. The van der Waals surface area contributed by atoms with Crippen molar-refractivity contribution in [1.29, 1.82) is 0 Å². The highest BCUT2D eigenvalue weighted by Crippen LogP contribution is 2.15. The Balaban J connectivity index is 3.76. The Morgan fingerprint density at radius 1 is 1.29 bits per heavy atom. The van der Waals surface area contributed by atoms with Gasteiger partial charge in [-0.05, 0) is 39.9 Å². The highest BCUT2D eigenvalue weighted by Gasteiger charge is 2.29. The molecule has 1 N–H and O–H groups in total. The van der Waals surface area contributed by atoms with E-state index in [1.807, 2.05) is 31.9 Å². The minimum atomic E-state index is -2.03. The van der Waals surface area contributed by atoms with Gasteiger partial charge in [-0.1, -0.05) is 6.08 Å². The summed E-state index contributed by atoms with van der Waals surface area (Å²) in [7, 11) is -0.0748. The van der Waals surface area contributed by atoms with E-state index in [1.54, 1.807) is 0 Å². The third-order valence-electron chi connectivity index (χ3n) is 3.09. The predicted octanol–water partition coefficient (Wildman–Crippen LogP) is 2.02. The van der Waals surface area contributed by atoms with Crippen molar-refractivity contribution in [1.82, 2.24) is 4.90 Å². The van der Waals surface area contributed by atoms with Crippen LogP contribution in [0.4, 0.5) is 0 Å². The van der Waals surface area contributed by atoms with Crippen LogP contribution in [0.15, 0.2) is 12.7 Å². The Kier molecular flexibility index (Phi) is 12.2. The highest BCUT2D eigenvalue weighted by atomic mass is 28.4. The van der Waals surface area contributed by atoms with Crippen LogP contribution in [-0.4, -0.2) is 71.2 Å². The van der Waals surface area contributed by atoms with Gasteiger partial charge in [0.1, 0.15) is 0 Å². The van der Waals surface area contributed by atoms with Gasteiger partial charge >= 0.3 is 8.56 Å². The van der Waals surface area contributed by atoms with Gasteiger partial charge in [-0.15, -0.1) is 6.58 Å². The summed E-state index contributed by atoms with van der Waals surface area (Å²) in [6.07, 6.45) is 2.26. The maximum absolute atomic E-state index is 9.83. The van der Waals surface area contributed by atoms with E-state index in [1.165, 1.54) is 0 Å². The Labute approximate surface area is 131 Å². The molecule has 0 spiro atoms. The molecule has 0 amide bonds. The SMILES string of the molecule is C=CCN(C)CC(O)COCCC[Si](C)(OCC)OCC. The molecule has 0 rings (SSSR count). The molecule has 0 heterocycles. The number of hydrogen-bond acceptors (Lipinski definition) is 5. The second kappa shape index (κ2) is 12.3. The minimum Gasteiger partial charge on any atom is -0.395 e. The van der Waals surface area contributed by atoms with Crippen LogP contribution in [0.2, 0.25) is 12.6 Å². The first kappa shape index (κ1) is 20.8. The molecule has 0 saturated carbocycles. The molecule has 0 aromatic rings. The standard InChI is InChI=1S/C15H33NO4Si/c1-6-10-16(4)13-15(17)14-18-11-9-12-21(5,19-7-2)20-8-3/h6,15,17H,1,7-14H2,2-5H3. The molecule has 6 heteroatoms. The number of hydrogen-bond donors (Lipinski definition) is 1. The van der Waals surface area contributed by atoms with Crippen LogP contribution in [0.25, 0.3) is 0 Å². The molecule has 126 valence electrons. The predicted molar refractivity (Wildman–Crippen MR) is 88.8 cm³/mol. The van der Waals surface area contributed by atoms with Gasteiger partial charge in [0.15, 0.2) is 0 Å². The first-order valence-corrected chi connectivity index (χ1v) is 10.3. The van der Waals surface area contributed by atoms with Gasteiger partial charge in [-0.3, -0.25) is 0 Å². The maximum atomic E-state index is 9.83. The first-order chi connectivity index (χ1) is 9.97. The molecule has 0 radical (unpaired) electrons. The number of ether oxygens (including phenoxy) is 1. The van der Waals surface area contributed by atoms with E-state index in [4.69, 9.17) is 13.6 Å². The summed E-state index contributed by atoms with van der Waals surface area (Å²) in [4.78, 5) is 2.01. The fourth-order valence-corrected chi connectivity index (χ4v) is 4.60. The lowest BCUT2D eigenvalue weighted by atomic mass is 10.3. The van der Waals surface area contributed by atoms with E-state index in [0.717, 1.165) is 19.0 Å². The van der Waals surface area contributed by atoms with Crippen molar-refractivity contribution in [3.63, 3.8) is 0 Å². The van der Waals surface area contributed by atoms with Crippen molar-refractivity contribution < 1.29 is 18.7 Å². The number of nitrogens with zero attached hydrogens (tertiary/aromatic N) is 1. The van der Waals surface area contributed by atoms with Crippen LogP contribution >= 0.6 is 0 Å². The third-order valence-corrected chi connectivity index (χ3v) is 6.15. The van der Waals surface area contributed by atoms with Crippen LogP contribution in [0.5, 0.6) is 0 Å². The lowest BCUT2D eigenvalue weighted by Gasteiger charge is -2.26. The Morgan fingerprint density at radius 2 is 1.90 bits per heavy atom. The second-order valence-electron chi connectivity index (χ2n) is 5.34. The summed E-state index contributed by atoms with van der Waals surface area (Å²) in [6.45, 7) is 13.5. The van der Waals surface area contributed by atoms with Crippen LogP contribution in [0.3, 0.4) is 0 Å². The topological polar surface area (TPSA) is 51.2 Å². The van der Waals surface area contributed by atoms with Crippen molar-refractivity contribution in [2.24, 2.45) is 0 Å². The van der Waals surface area contributed by atoms with Gasteiger partial charge in [0.05, 0.1) is 12.7 Å². The molecular weight excluding hydrogens is 286 g/mol. The molecule has 21 heavy (non-hydrogen) atoms. The van der Waals surface area contributed by atoms with Crippen molar-refractivity contribution in [2.45, 2.75) is 39.0 Å². The normalized spacial score (nSPS) is 13.6. The molecule has 0 aliphatic heterocycles. The Morgan fingerprint density at radius 3 is 2.43 bits per heavy atom. The van der Waals surface area contributed by atoms with Crippen molar-refractivity contribution >= 4 is 8.56 Å². The molecule has 0 fully saturated rings. The molecule has 0 bridgehead atoms. The van der Waals surface area contributed by atoms with E-state index >= 15 is 0 Å². The van der Waals surface area contributed by atoms with Crippen LogP contribution < -0.4 is 0 Å². The molecule has 1 unspecified atom stereocenters. The summed E-state index contributed by atoms with van der Waals surface area (Å²) >= 11 is 0. The van der Waals surface area contributed by atoms with Gasteiger partial charge < -0.3 is 23.6 Å². The number of aliphatic hydroxyl groups is 1. The van der Waals surface area contributed by atoms with Gasteiger partial charge in [0.25, 0.3) is 0 Å². The third kappa shape index (κ3) is 11.0. The average Bonchev–Trinajstić information content (AvgIpc) is 2.39. The molecule has 1 atom stereocenters. The summed E-state index contributed by atoms with van der Waals surface area (Å²) in [6, 6.07) is 0.918. The monoisotopic (exact) mass is 319 g/mol. The Hall–Kier alpha value is -0.243. The van der Waals surface area contributed by atoms with Crippen molar-refractivity contribution in [3.05, 3.63) is 12.7 Å². The first-order valence-electron chi connectivity index (χ1n) is 7.80. The van der Waals surface area contributed by atoms with Crippen molar-refractivity contribution in [2.75, 3.05) is 46.6 Å². The summed E-state index contributed by atoms with van der Waals surface area (Å²) in [5.74, 6) is 0.